The molecule has 106 valence electrons. The number of hydrogen-bond acceptors (Lipinski definition) is 6. The number of rotatable bonds is 9. The number of hydrogen-bond donors (Lipinski definition) is 1. The lowest BCUT2D eigenvalue weighted by molar-refractivity contribution is -0.479. The van der Waals surface area contributed by atoms with Crippen LogP contribution in [0.4, 0.5) is 0 Å². The van der Waals surface area contributed by atoms with Crippen LogP contribution >= 0.6 is 35.1 Å². The highest BCUT2D eigenvalue weighted by molar-refractivity contribution is 7.99. The van der Waals surface area contributed by atoms with E-state index in [0.29, 0.717) is 5.02 Å². The largest absolute Gasteiger partial charge is 0.299 e. The maximum absolute atomic E-state index is 10.4. The van der Waals surface area contributed by atoms with Crippen LogP contribution < -0.4 is 5.32 Å². The molecule has 1 atom stereocenters. The number of halogens is 1. The highest BCUT2D eigenvalue weighted by atomic mass is 35.5. The van der Waals surface area contributed by atoms with Gasteiger partial charge in [0.25, 0.3) is 0 Å². The molecule has 1 heterocycles. The van der Waals surface area contributed by atoms with Crippen molar-refractivity contribution in [1.29, 1.82) is 0 Å². The van der Waals surface area contributed by atoms with Crippen LogP contribution in [0.2, 0.25) is 5.02 Å². The van der Waals surface area contributed by atoms with Crippen LogP contribution in [0.15, 0.2) is 18.3 Å². The smallest absolute Gasteiger partial charge is 0.228 e. The molecule has 0 aliphatic rings. The fourth-order valence-corrected chi connectivity index (χ4v) is 3.00. The van der Waals surface area contributed by atoms with Gasteiger partial charge in [0, 0.05) is 29.2 Å². The molecule has 0 aliphatic heterocycles. The molecular formula is C11H16ClN3O2S2. The molecule has 1 aromatic heterocycles. The maximum Gasteiger partial charge on any atom is 0.228 e. The van der Waals surface area contributed by atoms with Crippen molar-refractivity contribution in [2.45, 2.75) is 11.1 Å². The molecule has 5 nitrogen and oxygen atoms in total. The Morgan fingerprint density at radius 1 is 1.63 bits per heavy atom. The molecule has 0 bridgehead atoms. The summed E-state index contributed by atoms with van der Waals surface area (Å²) in [5.41, 5.74) is 0.876. The molecule has 0 spiro atoms. The number of pyridine rings is 1. The van der Waals surface area contributed by atoms with Gasteiger partial charge in [-0.1, -0.05) is 11.6 Å². The predicted octanol–water partition coefficient (Wildman–Crippen LogP) is 2.52. The van der Waals surface area contributed by atoms with E-state index in [1.54, 1.807) is 24.0 Å². The van der Waals surface area contributed by atoms with Crippen LogP contribution in [0.25, 0.3) is 0 Å². The Morgan fingerprint density at radius 3 is 3.05 bits per heavy atom. The van der Waals surface area contributed by atoms with E-state index in [1.807, 2.05) is 12.3 Å². The summed E-state index contributed by atoms with van der Waals surface area (Å²) in [6.07, 6.45) is 3.59. The normalized spacial score (nSPS) is 12.3. The Kier molecular flexibility index (Phi) is 8.20. The van der Waals surface area contributed by atoms with Crippen LogP contribution in [-0.2, 0) is 5.75 Å². The Hall–Kier alpha value is -0.500. The third-order valence-electron chi connectivity index (χ3n) is 2.29. The fraction of sp³-hybridized carbons (Fsp3) is 0.545. The molecule has 8 heteroatoms. The van der Waals surface area contributed by atoms with E-state index in [1.165, 1.54) is 11.8 Å². The van der Waals surface area contributed by atoms with E-state index in [9.17, 15) is 10.1 Å². The molecule has 1 N–H and O–H groups in total. The number of thioether (sulfide) groups is 2. The summed E-state index contributed by atoms with van der Waals surface area (Å²) < 4.78 is 0. The Balaban J connectivity index is 2.17. The molecule has 0 fully saturated rings. The van der Waals surface area contributed by atoms with E-state index in [0.717, 1.165) is 23.7 Å². The Labute approximate surface area is 126 Å². The third kappa shape index (κ3) is 7.00. The highest BCUT2D eigenvalue weighted by Crippen LogP contribution is 2.18. The summed E-state index contributed by atoms with van der Waals surface area (Å²) in [6.45, 7) is 0.673. The van der Waals surface area contributed by atoms with E-state index in [4.69, 9.17) is 11.6 Å². The lowest BCUT2D eigenvalue weighted by Gasteiger charge is -2.11. The quantitative estimate of drug-likeness (QED) is 0.326. The first kappa shape index (κ1) is 16.6. The van der Waals surface area contributed by atoms with E-state index >= 15 is 0 Å². The molecule has 1 aromatic rings. The van der Waals surface area contributed by atoms with Crippen molar-refractivity contribution in [2.75, 3.05) is 25.1 Å². The molecule has 0 aliphatic carbocycles. The fourth-order valence-electron chi connectivity index (χ4n) is 1.34. The van der Waals surface area contributed by atoms with Crippen LogP contribution in [0.5, 0.6) is 0 Å². The van der Waals surface area contributed by atoms with Gasteiger partial charge in [-0.3, -0.25) is 20.4 Å². The summed E-state index contributed by atoms with van der Waals surface area (Å²) in [6, 6.07) is 3.63. The second-order valence-electron chi connectivity index (χ2n) is 3.68. The molecule has 0 amide bonds. The van der Waals surface area contributed by atoms with Crippen molar-refractivity contribution in [3.63, 3.8) is 0 Å². The van der Waals surface area contributed by atoms with Crippen LogP contribution in [0, 0.1) is 10.1 Å². The second-order valence-corrected chi connectivity index (χ2v) is 6.23. The minimum absolute atomic E-state index is 0.0576. The van der Waals surface area contributed by atoms with Crippen molar-refractivity contribution >= 4 is 35.1 Å². The SMILES string of the molecule is CSC(C[N+](=O)[O-])NCCSCc1ncccc1Cl. The summed E-state index contributed by atoms with van der Waals surface area (Å²) in [5.74, 6) is 1.61. The van der Waals surface area contributed by atoms with Crippen LogP contribution in [0.3, 0.4) is 0 Å². The molecule has 0 saturated carbocycles. The molecule has 0 radical (unpaired) electrons. The van der Waals surface area contributed by atoms with Gasteiger partial charge in [0.05, 0.1) is 10.7 Å². The average molecular weight is 322 g/mol. The van der Waals surface area contributed by atoms with Gasteiger partial charge in [-0.2, -0.15) is 11.8 Å². The Morgan fingerprint density at radius 2 is 2.42 bits per heavy atom. The minimum atomic E-state index is -0.297. The zero-order valence-electron chi connectivity index (χ0n) is 10.5. The van der Waals surface area contributed by atoms with Crippen molar-refractivity contribution in [3.8, 4) is 0 Å². The Bertz CT molecular complexity index is 409. The van der Waals surface area contributed by atoms with Gasteiger partial charge < -0.3 is 0 Å². The van der Waals surface area contributed by atoms with Crippen molar-refractivity contribution < 1.29 is 4.92 Å². The molecule has 1 rings (SSSR count). The van der Waals surface area contributed by atoms with Gasteiger partial charge in [0.15, 0.2) is 0 Å². The van der Waals surface area contributed by atoms with Gasteiger partial charge in [-0.15, -0.1) is 11.8 Å². The van der Waals surface area contributed by atoms with Crippen molar-refractivity contribution in [1.82, 2.24) is 10.3 Å². The monoisotopic (exact) mass is 321 g/mol. The highest BCUT2D eigenvalue weighted by Gasteiger charge is 2.12. The maximum atomic E-state index is 10.4. The van der Waals surface area contributed by atoms with Crippen molar-refractivity contribution in [3.05, 3.63) is 39.2 Å². The van der Waals surface area contributed by atoms with Gasteiger partial charge in [0.2, 0.25) is 6.54 Å². The molecular weight excluding hydrogens is 306 g/mol. The standard InChI is InChI=1S/C11H16ClN3O2S2/c1-18-11(7-15(16)17)14-5-6-19-8-10-9(12)3-2-4-13-10/h2-4,11,14H,5-8H2,1H3. The summed E-state index contributed by atoms with van der Waals surface area (Å²) >= 11 is 9.16. The van der Waals surface area contributed by atoms with Crippen LogP contribution in [-0.4, -0.2) is 40.4 Å². The van der Waals surface area contributed by atoms with Gasteiger partial charge in [-0.05, 0) is 18.4 Å². The number of aromatic nitrogens is 1. The molecule has 0 aromatic carbocycles. The number of nitrogens with one attached hydrogen (secondary N) is 1. The number of nitro groups is 1. The molecule has 19 heavy (non-hydrogen) atoms. The predicted molar refractivity (Wildman–Crippen MR) is 82.6 cm³/mol. The summed E-state index contributed by atoms with van der Waals surface area (Å²) in [7, 11) is 0. The molecule has 0 saturated heterocycles. The molecule has 1 unspecified atom stereocenters. The lowest BCUT2D eigenvalue weighted by atomic mass is 10.4. The zero-order valence-corrected chi connectivity index (χ0v) is 12.9. The first-order valence-corrected chi connectivity index (χ1v) is 8.50. The van der Waals surface area contributed by atoms with Crippen LogP contribution in [0.1, 0.15) is 5.69 Å². The van der Waals surface area contributed by atoms with E-state index in [2.05, 4.69) is 10.3 Å². The van der Waals surface area contributed by atoms with E-state index in [-0.39, 0.29) is 16.8 Å². The number of nitrogens with zero attached hydrogens (tertiary/aromatic N) is 2. The van der Waals surface area contributed by atoms with E-state index < -0.39 is 0 Å². The zero-order chi connectivity index (χ0) is 14.1. The summed E-state index contributed by atoms with van der Waals surface area (Å²) in [4.78, 5) is 14.3. The topological polar surface area (TPSA) is 68.1 Å². The van der Waals surface area contributed by atoms with Gasteiger partial charge in [0.1, 0.15) is 5.37 Å². The average Bonchev–Trinajstić information content (AvgIpc) is 2.38. The second kappa shape index (κ2) is 9.41. The lowest BCUT2D eigenvalue weighted by Crippen LogP contribution is -2.34. The minimum Gasteiger partial charge on any atom is -0.299 e. The van der Waals surface area contributed by atoms with Crippen molar-refractivity contribution in [2.24, 2.45) is 0 Å². The first-order valence-electron chi connectivity index (χ1n) is 5.68. The van der Waals surface area contributed by atoms with Gasteiger partial charge >= 0.3 is 0 Å². The summed E-state index contributed by atoms with van der Waals surface area (Å²) in [5, 5.41) is 14.1. The first-order chi connectivity index (χ1) is 9.13. The van der Waals surface area contributed by atoms with Gasteiger partial charge in [-0.25, -0.2) is 0 Å². The third-order valence-corrected chi connectivity index (χ3v) is 4.49.